The number of thiazole rings is 1. The van der Waals surface area contributed by atoms with Crippen LogP contribution in [-0.4, -0.2) is 14.8 Å². The van der Waals surface area contributed by atoms with Gasteiger partial charge in [-0.3, -0.25) is 4.68 Å². The van der Waals surface area contributed by atoms with Gasteiger partial charge in [-0.25, -0.2) is 4.98 Å². The molecule has 92 valence electrons. The Morgan fingerprint density at radius 1 is 1.28 bits per heavy atom. The largest absolute Gasteiger partial charge is 0.329 e. The van der Waals surface area contributed by atoms with Gasteiger partial charge in [0, 0.05) is 12.2 Å². The predicted molar refractivity (Wildman–Crippen MR) is 75.5 cm³/mol. The third-order valence-corrected chi connectivity index (χ3v) is 3.63. The van der Waals surface area contributed by atoms with Gasteiger partial charge in [-0.05, 0) is 26.0 Å². The first kappa shape index (κ1) is 11.2. The van der Waals surface area contributed by atoms with E-state index >= 15 is 0 Å². The quantitative estimate of drug-likeness (QED) is 0.776. The van der Waals surface area contributed by atoms with Gasteiger partial charge in [0.25, 0.3) is 0 Å². The summed E-state index contributed by atoms with van der Waals surface area (Å²) in [5.74, 6) is 0. The summed E-state index contributed by atoms with van der Waals surface area (Å²) >= 11 is 1.65. The number of benzene rings is 1. The molecule has 0 aliphatic rings. The molecule has 4 nitrogen and oxygen atoms in total. The molecule has 0 unspecified atom stereocenters. The van der Waals surface area contributed by atoms with Crippen LogP contribution in [0.15, 0.2) is 36.7 Å². The average Bonchev–Trinajstić information content (AvgIpc) is 2.94. The van der Waals surface area contributed by atoms with Crippen molar-refractivity contribution >= 4 is 32.4 Å². The Labute approximate surface area is 109 Å². The van der Waals surface area contributed by atoms with E-state index in [4.69, 9.17) is 0 Å². The summed E-state index contributed by atoms with van der Waals surface area (Å²) in [6, 6.07) is 8.50. The van der Waals surface area contributed by atoms with Crippen molar-refractivity contribution in [2.45, 2.75) is 19.9 Å². The van der Waals surface area contributed by atoms with Crippen LogP contribution in [0, 0.1) is 0 Å². The number of aromatic nitrogens is 3. The molecule has 0 atom stereocenters. The predicted octanol–water partition coefficient (Wildman–Crippen LogP) is 3.82. The fraction of sp³-hybridized carbons (Fsp3) is 0.231. The van der Waals surface area contributed by atoms with E-state index in [1.165, 1.54) is 4.70 Å². The second-order valence-electron chi connectivity index (χ2n) is 4.41. The van der Waals surface area contributed by atoms with Crippen LogP contribution in [0.5, 0.6) is 0 Å². The van der Waals surface area contributed by atoms with Crippen molar-refractivity contribution in [3.8, 4) is 0 Å². The zero-order valence-corrected chi connectivity index (χ0v) is 11.1. The minimum atomic E-state index is 0.371. The average molecular weight is 258 g/mol. The molecule has 0 saturated carbocycles. The molecule has 2 aromatic heterocycles. The normalized spacial score (nSPS) is 11.3. The van der Waals surface area contributed by atoms with Crippen LogP contribution in [0.3, 0.4) is 0 Å². The van der Waals surface area contributed by atoms with Gasteiger partial charge in [-0.2, -0.15) is 5.10 Å². The molecular formula is C13H14N4S. The van der Waals surface area contributed by atoms with Gasteiger partial charge < -0.3 is 5.32 Å². The fourth-order valence-corrected chi connectivity index (χ4v) is 2.62. The molecule has 0 saturated heterocycles. The summed E-state index contributed by atoms with van der Waals surface area (Å²) in [4.78, 5) is 4.53. The van der Waals surface area contributed by atoms with Crippen molar-refractivity contribution in [3.05, 3.63) is 36.7 Å². The number of nitrogens with zero attached hydrogens (tertiary/aromatic N) is 3. The Morgan fingerprint density at radius 3 is 2.83 bits per heavy atom. The van der Waals surface area contributed by atoms with Gasteiger partial charge in [-0.1, -0.05) is 23.5 Å². The highest BCUT2D eigenvalue weighted by molar-refractivity contribution is 7.22. The van der Waals surface area contributed by atoms with Crippen LogP contribution in [0.1, 0.15) is 19.9 Å². The number of anilines is 2. The maximum absolute atomic E-state index is 4.53. The minimum Gasteiger partial charge on any atom is -0.329 e. The summed E-state index contributed by atoms with van der Waals surface area (Å²) in [7, 11) is 0. The van der Waals surface area contributed by atoms with Crippen molar-refractivity contribution in [1.82, 2.24) is 14.8 Å². The highest BCUT2D eigenvalue weighted by Crippen LogP contribution is 2.27. The number of para-hydroxylation sites is 1. The standard InChI is InChI=1S/C13H14N4S/c1-9(2)17-8-10(7-14-17)15-13-16-11-5-3-4-6-12(11)18-13/h3-9H,1-2H3,(H,15,16). The molecule has 3 aromatic rings. The van der Waals surface area contributed by atoms with E-state index in [1.54, 1.807) is 11.3 Å². The van der Waals surface area contributed by atoms with Gasteiger partial charge in [-0.15, -0.1) is 0 Å². The first-order valence-electron chi connectivity index (χ1n) is 5.89. The highest BCUT2D eigenvalue weighted by Gasteiger charge is 2.05. The van der Waals surface area contributed by atoms with Crippen LogP contribution in [0.4, 0.5) is 10.8 Å². The van der Waals surface area contributed by atoms with Gasteiger partial charge in [0.2, 0.25) is 0 Å². The molecule has 1 aromatic carbocycles. The summed E-state index contributed by atoms with van der Waals surface area (Å²) in [6.07, 6.45) is 3.82. The fourth-order valence-electron chi connectivity index (χ4n) is 1.73. The Bertz CT molecular complexity index is 635. The van der Waals surface area contributed by atoms with E-state index in [0.29, 0.717) is 6.04 Å². The summed E-state index contributed by atoms with van der Waals surface area (Å²) in [6.45, 7) is 4.21. The Morgan fingerprint density at radius 2 is 2.11 bits per heavy atom. The minimum absolute atomic E-state index is 0.371. The lowest BCUT2D eigenvalue weighted by atomic mass is 10.3. The maximum atomic E-state index is 4.53. The molecule has 1 N–H and O–H groups in total. The SMILES string of the molecule is CC(C)n1cc(Nc2nc3ccccc3s2)cn1. The lowest BCUT2D eigenvalue weighted by Gasteiger charge is -2.03. The molecule has 0 aliphatic carbocycles. The molecule has 0 amide bonds. The van der Waals surface area contributed by atoms with Crippen molar-refractivity contribution in [1.29, 1.82) is 0 Å². The molecule has 0 radical (unpaired) electrons. The molecule has 3 rings (SSSR count). The number of hydrogen-bond acceptors (Lipinski definition) is 4. The summed E-state index contributed by atoms with van der Waals surface area (Å²) < 4.78 is 3.12. The van der Waals surface area contributed by atoms with E-state index in [2.05, 4.69) is 35.3 Å². The Hall–Kier alpha value is -1.88. The molecule has 0 bridgehead atoms. The number of rotatable bonds is 3. The number of fused-ring (bicyclic) bond motifs is 1. The molecule has 2 heterocycles. The molecule has 18 heavy (non-hydrogen) atoms. The van der Waals surface area contributed by atoms with E-state index in [0.717, 1.165) is 16.3 Å². The zero-order chi connectivity index (χ0) is 12.5. The summed E-state index contributed by atoms with van der Waals surface area (Å²) in [5.41, 5.74) is 2.00. The van der Waals surface area contributed by atoms with Crippen molar-refractivity contribution in [2.75, 3.05) is 5.32 Å². The van der Waals surface area contributed by atoms with Crippen LogP contribution in [0.2, 0.25) is 0 Å². The summed E-state index contributed by atoms with van der Waals surface area (Å²) in [5, 5.41) is 8.49. The van der Waals surface area contributed by atoms with E-state index in [1.807, 2.05) is 35.3 Å². The number of hydrogen-bond donors (Lipinski definition) is 1. The second-order valence-corrected chi connectivity index (χ2v) is 5.45. The Balaban J connectivity index is 1.86. The van der Waals surface area contributed by atoms with Crippen molar-refractivity contribution in [3.63, 3.8) is 0 Å². The third kappa shape index (κ3) is 2.09. The van der Waals surface area contributed by atoms with Gasteiger partial charge >= 0.3 is 0 Å². The van der Waals surface area contributed by atoms with Gasteiger partial charge in [0.05, 0.1) is 22.1 Å². The monoisotopic (exact) mass is 258 g/mol. The smallest absolute Gasteiger partial charge is 0.188 e. The van der Waals surface area contributed by atoms with Crippen LogP contribution in [0.25, 0.3) is 10.2 Å². The van der Waals surface area contributed by atoms with E-state index in [9.17, 15) is 0 Å². The highest BCUT2D eigenvalue weighted by atomic mass is 32.1. The molecule has 5 heteroatoms. The first-order valence-corrected chi connectivity index (χ1v) is 6.71. The van der Waals surface area contributed by atoms with E-state index in [-0.39, 0.29) is 0 Å². The number of nitrogens with one attached hydrogen (secondary N) is 1. The molecule has 0 fully saturated rings. The molecule has 0 aliphatic heterocycles. The lowest BCUT2D eigenvalue weighted by molar-refractivity contribution is 0.532. The lowest BCUT2D eigenvalue weighted by Crippen LogP contribution is -1.99. The topological polar surface area (TPSA) is 42.7 Å². The van der Waals surface area contributed by atoms with Gasteiger partial charge in [0.1, 0.15) is 0 Å². The van der Waals surface area contributed by atoms with Crippen molar-refractivity contribution in [2.24, 2.45) is 0 Å². The second kappa shape index (κ2) is 4.42. The molecule has 0 spiro atoms. The first-order chi connectivity index (χ1) is 8.72. The zero-order valence-electron chi connectivity index (χ0n) is 10.3. The Kier molecular flexibility index (Phi) is 2.76. The maximum Gasteiger partial charge on any atom is 0.188 e. The van der Waals surface area contributed by atoms with Crippen LogP contribution < -0.4 is 5.32 Å². The van der Waals surface area contributed by atoms with Crippen molar-refractivity contribution < 1.29 is 0 Å². The van der Waals surface area contributed by atoms with Crippen LogP contribution in [-0.2, 0) is 0 Å². The van der Waals surface area contributed by atoms with Gasteiger partial charge in [0.15, 0.2) is 5.13 Å². The molecular weight excluding hydrogens is 244 g/mol. The van der Waals surface area contributed by atoms with E-state index < -0.39 is 0 Å². The van der Waals surface area contributed by atoms with Crippen LogP contribution >= 0.6 is 11.3 Å². The third-order valence-electron chi connectivity index (χ3n) is 2.68.